The fourth-order valence-electron chi connectivity index (χ4n) is 4.20. The topological polar surface area (TPSA) is 67.9 Å². The first-order valence-electron chi connectivity index (χ1n) is 11.4. The molecule has 0 aliphatic heterocycles. The first kappa shape index (κ1) is 23.6. The maximum Gasteiger partial charge on any atom is 0.261 e. The molecule has 1 aliphatic rings. The van der Waals surface area contributed by atoms with Gasteiger partial charge in [0.15, 0.2) is 6.61 Å². The van der Waals surface area contributed by atoms with Gasteiger partial charge in [-0.15, -0.1) is 0 Å². The van der Waals surface area contributed by atoms with E-state index >= 15 is 0 Å². The number of para-hydroxylation sites is 1. The lowest BCUT2D eigenvalue weighted by atomic mass is 10.1. The van der Waals surface area contributed by atoms with Gasteiger partial charge < -0.3 is 19.7 Å². The minimum Gasteiger partial charge on any atom is -0.497 e. The Morgan fingerprint density at radius 3 is 2.56 bits per heavy atom. The van der Waals surface area contributed by atoms with Crippen molar-refractivity contribution in [3.05, 3.63) is 59.7 Å². The fourth-order valence-corrected chi connectivity index (χ4v) is 4.20. The van der Waals surface area contributed by atoms with Gasteiger partial charge in [-0.25, -0.2) is 0 Å². The number of amides is 2. The molecule has 6 nitrogen and oxygen atoms in total. The van der Waals surface area contributed by atoms with E-state index in [-0.39, 0.29) is 24.5 Å². The molecule has 0 saturated heterocycles. The van der Waals surface area contributed by atoms with Gasteiger partial charge in [0.05, 0.1) is 7.11 Å². The summed E-state index contributed by atoms with van der Waals surface area (Å²) in [5.41, 5.74) is 1.87. The Hall–Kier alpha value is -3.02. The van der Waals surface area contributed by atoms with Crippen LogP contribution in [0.15, 0.2) is 48.5 Å². The van der Waals surface area contributed by atoms with Crippen molar-refractivity contribution in [2.45, 2.75) is 64.6 Å². The third-order valence-corrected chi connectivity index (χ3v) is 6.02. The molecule has 0 bridgehead atoms. The van der Waals surface area contributed by atoms with Gasteiger partial charge in [0.1, 0.15) is 17.5 Å². The molecule has 2 aromatic carbocycles. The summed E-state index contributed by atoms with van der Waals surface area (Å²) in [6.45, 7) is 4.07. The van der Waals surface area contributed by atoms with Crippen LogP contribution in [0.25, 0.3) is 0 Å². The first-order valence-corrected chi connectivity index (χ1v) is 11.4. The molecule has 172 valence electrons. The van der Waals surface area contributed by atoms with Gasteiger partial charge in [0, 0.05) is 12.6 Å². The Morgan fingerprint density at radius 2 is 1.88 bits per heavy atom. The van der Waals surface area contributed by atoms with Crippen LogP contribution in [-0.4, -0.2) is 42.5 Å². The predicted molar refractivity (Wildman–Crippen MR) is 125 cm³/mol. The number of aryl methyl sites for hydroxylation is 1. The number of ether oxygens (including phenoxy) is 2. The van der Waals surface area contributed by atoms with Crippen molar-refractivity contribution in [3.8, 4) is 11.5 Å². The number of nitrogens with one attached hydrogen (secondary N) is 1. The van der Waals surface area contributed by atoms with Crippen LogP contribution >= 0.6 is 0 Å². The standard InChI is InChI=1S/C26H34N2O4/c1-4-23(26(30)27-21-12-6-7-13-21)28(17-20-11-9-14-22(16-20)31-3)25(29)18-32-24-15-8-5-10-19(24)2/h5,8-11,14-16,21,23H,4,6-7,12-13,17-18H2,1-3H3,(H,27,30)/t23-/m0/s1. The number of benzene rings is 2. The normalized spacial score (nSPS) is 14.6. The quantitative estimate of drug-likeness (QED) is 0.602. The van der Waals surface area contributed by atoms with Crippen molar-refractivity contribution in [1.82, 2.24) is 10.2 Å². The molecule has 2 aromatic rings. The summed E-state index contributed by atoms with van der Waals surface area (Å²) in [7, 11) is 1.61. The van der Waals surface area contributed by atoms with E-state index in [1.165, 1.54) is 0 Å². The summed E-state index contributed by atoms with van der Waals surface area (Å²) in [4.78, 5) is 28.1. The maximum atomic E-state index is 13.3. The minimum atomic E-state index is -0.560. The third-order valence-electron chi connectivity index (χ3n) is 6.02. The minimum absolute atomic E-state index is 0.0912. The highest BCUT2D eigenvalue weighted by Crippen LogP contribution is 2.21. The number of rotatable bonds is 10. The Morgan fingerprint density at radius 1 is 1.12 bits per heavy atom. The molecule has 0 aromatic heterocycles. The zero-order chi connectivity index (χ0) is 22.9. The van der Waals surface area contributed by atoms with Gasteiger partial charge in [0.2, 0.25) is 5.91 Å². The molecule has 0 radical (unpaired) electrons. The molecular weight excluding hydrogens is 404 g/mol. The highest BCUT2D eigenvalue weighted by molar-refractivity contribution is 5.88. The molecule has 0 spiro atoms. The lowest BCUT2D eigenvalue weighted by molar-refractivity contribution is -0.143. The molecule has 1 aliphatic carbocycles. The van der Waals surface area contributed by atoms with E-state index in [9.17, 15) is 9.59 Å². The van der Waals surface area contributed by atoms with Crippen molar-refractivity contribution in [2.75, 3.05) is 13.7 Å². The highest BCUT2D eigenvalue weighted by atomic mass is 16.5. The van der Waals surface area contributed by atoms with Crippen LogP contribution in [0, 0.1) is 6.92 Å². The Bertz CT molecular complexity index is 908. The summed E-state index contributed by atoms with van der Waals surface area (Å²) in [5, 5.41) is 3.16. The number of nitrogens with zero attached hydrogens (tertiary/aromatic N) is 1. The lowest BCUT2D eigenvalue weighted by Gasteiger charge is -2.31. The molecule has 2 amide bonds. The van der Waals surface area contributed by atoms with Crippen LogP contribution in [0.4, 0.5) is 0 Å². The van der Waals surface area contributed by atoms with E-state index in [1.807, 2.05) is 62.4 Å². The molecule has 3 rings (SSSR count). The van der Waals surface area contributed by atoms with Crippen molar-refractivity contribution >= 4 is 11.8 Å². The van der Waals surface area contributed by atoms with Crippen molar-refractivity contribution in [3.63, 3.8) is 0 Å². The second kappa shape index (κ2) is 11.6. The lowest BCUT2D eigenvalue weighted by Crippen LogP contribution is -2.52. The molecule has 32 heavy (non-hydrogen) atoms. The number of methoxy groups -OCH3 is 1. The molecule has 0 unspecified atom stereocenters. The third kappa shape index (κ3) is 6.25. The van der Waals surface area contributed by atoms with E-state index in [2.05, 4.69) is 5.32 Å². The summed E-state index contributed by atoms with van der Waals surface area (Å²) in [6, 6.07) is 14.8. The number of carbonyl (C=O) groups excluding carboxylic acids is 2. The Labute approximate surface area is 190 Å². The van der Waals surface area contributed by atoms with Crippen LogP contribution in [0.2, 0.25) is 0 Å². The highest BCUT2D eigenvalue weighted by Gasteiger charge is 2.31. The monoisotopic (exact) mass is 438 g/mol. The summed E-state index contributed by atoms with van der Waals surface area (Å²) >= 11 is 0. The SMILES string of the molecule is CC[C@@H](C(=O)NC1CCCC1)N(Cc1cccc(OC)c1)C(=O)COc1ccccc1C. The van der Waals surface area contributed by atoms with Crippen molar-refractivity contribution in [2.24, 2.45) is 0 Å². The largest absolute Gasteiger partial charge is 0.497 e. The fraction of sp³-hybridized carbons (Fsp3) is 0.462. The average Bonchev–Trinajstić information content (AvgIpc) is 3.31. The summed E-state index contributed by atoms with van der Waals surface area (Å²) in [5.74, 6) is 1.08. The van der Waals surface area contributed by atoms with Crippen LogP contribution < -0.4 is 14.8 Å². The predicted octanol–water partition coefficient (Wildman–Crippen LogP) is 4.25. The van der Waals surface area contributed by atoms with E-state index in [1.54, 1.807) is 12.0 Å². The molecular formula is C26H34N2O4. The molecule has 1 saturated carbocycles. The Kier molecular flexibility index (Phi) is 8.54. The second-order valence-electron chi connectivity index (χ2n) is 8.34. The van der Waals surface area contributed by atoms with Gasteiger partial charge in [-0.1, -0.05) is 50.1 Å². The average molecular weight is 439 g/mol. The van der Waals surface area contributed by atoms with Crippen LogP contribution in [-0.2, 0) is 16.1 Å². The van der Waals surface area contributed by atoms with E-state index in [0.29, 0.717) is 18.7 Å². The molecule has 6 heteroatoms. The molecule has 0 heterocycles. The summed E-state index contributed by atoms with van der Waals surface area (Å²) in [6.07, 6.45) is 4.81. The van der Waals surface area contributed by atoms with Gasteiger partial charge in [-0.2, -0.15) is 0 Å². The number of carbonyl (C=O) groups is 2. The number of hydrogen-bond donors (Lipinski definition) is 1. The zero-order valence-electron chi connectivity index (χ0n) is 19.3. The van der Waals surface area contributed by atoms with E-state index in [0.717, 1.165) is 42.6 Å². The van der Waals surface area contributed by atoms with Gasteiger partial charge in [-0.3, -0.25) is 9.59 Å². The van der Waals surface area contributed by atoms with Gasteiger partial charge >= 0.3 is 0 Å². The summed E-state index contributed by atoms with van der Waals surface area (Å²) < 4.78 is 11.2. The second-order valence-corrected chi connectivity index (χ2v) is 8.34. The zero-order valence-corrected chi connectivity index (χ0v) is 19.3. The van der Waals surface area contributed by atoms with Crippen LogP contribution in [0.1, 0.15) is 50.2 Å². The van der Waals surface area contributed by atoms with Gasteiger partial charge in [0.25, 0.3) is 5.91 Å². The maximum absolute atomic E-state index is 13.3. The molecule has 1 atom stereocenters. The van der Waals surface area contributed by atoms with Crippen LogP contribution in [0.5, 0.6) is 11.5 Å². The van der Waals surface area contributed by atoms with Crippen molar-refractivity contribution < 1.29 is 19.1 Å². The van der Waals surface area contributed by atoms with E-state index in [4.69, 9.17) is 9.47 Å². The van der Waals surface area contributed by atoms with E-state index < -0.39 is 6.04 Å². The van der Waals surface area contributed by atoms with Crippen LogP contribution in [0.3, 0.4) is 0 Å². The van der Waals surface area contributed by atoms with Crippen molar-refractivity contribution in [1.29, 1.82) is 0 Å². The smallest absolute Gasteiger partial charge is 0.261 e. The number of hydrogen-bond acceptors (Lipinski definition) is 4. The molecule has 1 fully saturated rings. The van der Waals surface area contributed by atoms with Gasteiger partial charge in [-0.05, 0) is 55.5 Å². The first-order chi connectivity index (χ1) is 15.5. The molecule has 1 N–H and O–H groups in total. The Balaban J connectivity index is 1.78.